The largest absolute Gasteiger partial charge is 0.425 e. The van der Waals surface area contributed by atoms with Crippen molar-refractivity contribution < 1.29 is 17.9 Å². The zero-order chi connectivity index (χ0) is 14.0. The van der Waals surface area contributed by atoms with Crippen molar-refractivity contribution in [2.24, 2.45) is 0 Å². The van der Waals surface area contributed by atoms with Gasteiger partial charge in [0.15, 0.2) is 0 Å². The zero-order valence-electron chi connectivity index (χ0n) is 10.5. The van der Waals surface area contributed by atoms with Gasteiger partial charge in [0, 0.05) is 18.4 Å². The number of ether oxygens (including phenoxy) is 1. The lowest BCUT2D eigenvalue weighted by molar-refractivity contribution is -0.138. The summed E-state index contributed by atoms with van der Waals surface area (Å²) in [5, 5.41) is 0. The highest BCUT2D eigenvalue weighted by atomic mass is 19.4. The zero-order valence-corrected chi connectivity index (χ0v) is 10.5. The molecule has 0 saturated heterocycles. The molecule has 0 aliphatic carbocycles. The molecular formula is C13H13F3N2O. The lowest BCUT2D eigenvalue weighted by Crippen LogP contribution is -2.08. The normalized spacial score (nSPS) is 11.9. The van der Waals surface area contributed by atoms with Gasteiger partial charge in [-0.15, -0.1) is 0 Å². The van der Waals surface area contributed by atoms with Crippen LogP contribution in [0.5, 0.6) is 11.8 Å². The maximum Gasteiger partial charge on any atom is 0.419 e. The van der Waals surface area contributed by atoms with Crippen molar-refractivity contribution in [3.05, 3.63) is 42.2 Å². The fourth-order valence-electron chi connectivity index (χ4n) is 1.66. The quantitative estimate of drug-likeness (QED) is 0.832. The van der Waals surface area contributed by atoms with Crippen molar-refractivity contribution in [2.75, 3.05) is 0 Å². The molecule has 2 rings (SSSR count). The number of alkyl halides is 3. The monoisotopic (exact) mass is 270 g/mol. The summed E-state index contributed by atoms with van der Waals surface area (Å²) in [6.45, 7) is 3.79. The molecule has 3 nitrogen and oxygen atoms in total. The van der Waals surface area contributed by atoms with E-state index in [0.717, 1.165) is 6.07 Å². The lowest BCUT2D eigenvalue weighted by Gasteiger charge is -2.15. The van der Waals surface area contributed by atoms with Crippen molar-refractivity contribution >= 4 is 0 Å². The van der Waals surface area contributed by atoms with E-state index >= 15 is 0 Å². The molecule has 102 valence electrons. The van der Waals surface area contributed by atoms with Crippen LogP contribution in [0.3, 0.4) is 0 Å². The predicted molar refractivity (Wildman–Crippen MR) is 64.1 cm³/mol. The van der Waals surface area contributed by atoms with E-state index in [9.17, 15) is 13.2 Å². The van der Waals surface area contributed by atoms with Crippen molar-refractivity contribution in [1.29, 1.82) is 0 Å². The first-order valence-electron chi connectivity index (χ1n) is 5.76. The van der Waals surface area contributed by atoms with Gasteiger partial charge < -0.3 is 4.74 Å². The van der Waals surface area contributed by atoms with E-state index in [4.69, 9.17) is 4.74 Å². The summed E-state index contributed by atoms with van der Waals surface area (Å²) in [5.41, 5.74) is -0.812. The Morgan fingerprint density at radius 2 is 1.89 bits per heavy atom. The number of benzene rings is 1. The van der Waals surface area contributed by atoms with E-state index in [2.05, 4.69) is 4.98 Å². The van der Waals surface area contributed by atoms with E-state index in [-0.39, 0.29) is 17.8 Å². The maximum absolute atomic E-state index is 12.8. The van der Waals surface area contributed by atoms with Crippen LogP contribution in [0, 0.1) is 0 Å². The van der Waals surface area contributed by atoms with Gasteiger partial charge in [-0.1, -0.05) is 12.1 Å². The molecular weight excluding hydrogens is 257 g/mol. The number of hydrogen-bond donors (Lipinski definition) is 0. The summed E-state index contributed by atoms with van der Waals surface area (Å²) in [4.78, 5) is 3.93. The van der Waals surface area contributed by atoms with Gasteiger partial charge in [-0.25, -0.2) is 4.98 Å². The molecule has 0 spiro atoms. The Hall–Kier alpha value is -1.98. The molecule has 0 unspecified atom stereocenters. The van der Waals surface area contributed by atoms with Gasteiger partial charge in [0.05, 0.1) is 5.56 Å². The van der Waals surface area contributed by atoms with Crippen LogP contribution < -0.4 is 4.74 Å². The molecule has 6 heteroatoms. The van der Waals surface area contributed by atoms with Gasteiger partial charge in [-0.05, 0) is 26.0 Å². The van der Waals surface area contributed by atoms with E-state index in [1.807, 2.05) is 13.8 Å². The molecule has 0 N–H and O–H groups in total. The second kappa shape index (κ2) is 4.95. The van der Waals surface area contributed by atoms with Gasteiger partial charge >= 0.3 is 12.2 Å². The van der Waals surface area contributed by atoms with Crippen molar-refractivity contribution in [3.63, 3.8) is 0 Å². The third-order valence-electron chi connectivity index (χ3n) is 2.58. The number of rotatable bonds is 3. The van der Waals surface area contributed by atoms with Crippen molar-refractivity contribution in [2.45, 2.75) is 26.1 Å². The molecule has 0 atom stereocenters. The Morgan fingerprint density at radius 1 is 1.21 bits per heavy atom. The van der Waals surface area contributed by atoms with E-state index in [1.54, 1.807) is 10.8 Å². The van der Waals surface area contributed by atoms with Crippen LogP contribution in [0.25, 0.3) is 0 Å². The molecule has 0 radical (unpaired) electrons. The third-order valence-corrected chi connectivity index (χ3v) is 2.58. The first-order chi connectivity index (χ1) is 8.89. The Kier molecular flexibility index (Phi) is 3.50. The summed E-state index contributed by atoms with van der Waals surface area (Å²) in [6, 6.07) is 5.28. The minimum Gasteiger partial charge on any atom is -0.425 e. The highest BCUT2D eigenvalue weighted by Crippen LogP contribution is 2.37. The average Bonchev–Trinajstić information content (AvgIpc) is 2.76. The summed E-state index contributed by atoms with van der Waals surface area (Å²) < 4.78 is 45.4. The Bertz CT molecular complexity index is 561. The average molecular weight is 270 g/mol. The fourth-order valence-corrected chi connectivity index (χ4v) is 1.66. The smallest absolute Gasteiger partial charge is 0.419 e. The third kappa shape index (κ3) is 2.89. The summed E-state index contributed by atoms with van der Waals surface area (Å²) in [7, 11) is 0. The molecule has 0 bridgehead atoms. The second-order valence-corrected chi connectivity index (χ2v) is 4.31. The van der Waals surface area contributed by atoms with Crippen LogP contribution in [0.4, 0.5) is 13.2 Å². The molecule has 0 amide bonds. The number of hydrogen-bond acceptors (Lipinski definition) is 2. The van der Waals surface area contributed by atoms with Crippen molar-refractivity contribution in [3.8, 4) is 11.8 Å². The van der Waals surface area contributed by atoms with E-state index in [1.165, 1.54) is 24.4 Å². The first-order valence-corrected chi connectivity index (χ1v) is 5.76. The van der Waals surface area contributed by atoms with Gasteiger partial charge in [0.1, 0.15) is 5.75 Å². The number of halogens is 3. The van der Waals surface area contributed by atoms with Crippen LogP contribution in [0.1, 0.15) is 25.5 Å². The van der Waals surface area contributed by atoms with Gasteiger partial charge in [-0.3, -0.25) is 4.57 Å². The Balaban J connectivity index is 2.36. The number of para-hydroxylation sites is 1. The highest BCUT2D eigenvalue weighted by molar-refractivity contribution is 5.37. The minimum absolute atomic E-state index is 0.0514. The molecule has 2 aromatic rings. The van der Waals surface area contributed by atoms with Gasteiger partial charge in [0.25, 0.3) is 0 Å². The first kappa shape index (κ1) is 13.5. The SMILES string of the molecule is CC(C)n1ccnc1Oc1ccccc1C(F)(F)F. The van der Waals surface area contributed by atoms with E-state index < -0.39 is 11.7 Å². The summed E-state index contributed by atoms with van der Waals surface area (Å²) in [6.07, 6.45) is -1.30. The molecule has 1 aromatic carbocycles. The highest BCUT2D eigenvalue weighted by Gasteiger charge is 2.34. The van der Waals surface area contributed by atoms with Crippen LogP contribution in [0.2, 0.25) is 0 Å². The predicted octanol–water partition coefficient (Wildman–Crippen LogP) is 4.28. The fraction of sp³-hybridized carbons (Fsp3) is 0.308. The Morgan fingerprint density at radius 3 is 2.53 bits per heavy atom. The maximum atomic E-state index is 12.8. The molecule has 0 fully saturated rings. The van der Waals surface area contributed by atoms with Crippen LogP contribution in [0.15, 0.2) is 36.7 Å². The van der Waals surface area contributed by atoms with Gasteiger partial charge in [-0.2, -0.15) is 13.2 Å². The topological polar surface area (TPSA) is 27.1 Å². The summed E-state index contributed by atoms with van der Waals surface area (Å²) in [5.74, 6) is -0.247. The molecule has 1 aromatic heterocycles. The van der Waals surface area contributed by atoms with E-state index in [0.29, 0.717) is 0 Å². The number of nitrogens with zero attached hydrogens (tertiary/aromatic N) is 2. The number of imidazole rings is 1. The van der Waals surface area contributed by atoms with Crippen LogP contribution >= 0.6 is 0 Å². The molecule has 0 aliphatic heterocycles. The standard InChI is InChI=1S/C13H13F3N2O/c1-9(2)18-8-7-17-12(18)19-11-6-4-3-5-10(11)13(14,15)16/h3-9H,1-2H3. The number of aromatic nitrogens is 2. The molecule has 0 saturated carbocycles. The molecule has 0 aliphatic rings. The second-order valence-electron chi connectivity index (χ2n) is 4.31. The molecule has 1 heterocycles. The Labute approximate surface area is 108 Å². The van der Waals surface area contributed by atoms with Crippen LogP contribution in [-0.2, 0) is 6.18 Å². The minimum atomic E-state index is -4.45. The van der Waals surface area contributed by atoms with Crippen LogP contribution in [-0.4, -0.2) is 9.55 Å². The van der Waals surface area contributed by atoms with Gasteiger partial charge in [0.2, 0.25) is 0 Å². The summed E-state index contributed by atoms with van der Waals surface area (Å²) >= 11 is 0. The lowest BCUT2D eigenvalue weighted by atomic mass is 10.2. The molecule has 19 heavy (non-hydrogen) atoms. The van der Waals surface area contributed by atoms with Crippen molar-refractivity contribution in [1.82, 2.24) is 9.55 Å².